The molecular formula is C12H13F. The lowest BCUT2D eigenvalue weighted by atomic mass is 9.97. The maximum atomic E-state index is 12.5. The number of rotatable bonds is 0. The summed E-state index contributed by atoms with van der Waals surface area (Å²) in [5.74, 6) is 5.86. The molecule has 0 saturated carbocycles. The van der Waals surface area contributed by atoms with Crippen molar-refractivity contribution in [1.82, 2.24) is 0 Å². The van der Waals surface area contributed by atoms with E-state index in [4.69, 9.17) is 0 Å². The van der Waals surface area contributed by atoms with Crippen molar-refractivity contribution >= 4 is 0 Å². The monoisotopic (exact) mass is 176 g/mol. The zero-order valence-electron chi connectivity index (χ0n) is 8.19. The maximum Gasteiger partial charge on any atom is 0.123 e. The maximum absolute atomic E-state index is 12.5. The molecule has 0 heterocycles. The second-order valence-electron chi connectivity index (χ2n) is 4.01. The van der Waals surface area contributed by atoms with Crippen LogP contribution in [0.5, 0.6) is 0 Å². The summed E-state index contributed by atoms with van der Waals surface area (Å²) in [4.78, 5) is 0. The van der Waals surface area contributed by atoms with Crippen LogP contribution >= 0.6 is 0 Å². The van der Waals surface area contributed by atoms with E-state index in [2.05, 4.69) is 11.8 Å². The summed E-state index contributed by atoms with van der Waals surface area (Å²) >= 11 is 0. The van der Waals surface area contributed by atoms with E-state index in [1.807, 2.05) is 20.8 Å². The second-order valence-corrected chi connectivity index (χ2v) is 4.01. The van der Waals surface area contributed by atoms with Crippen molar-refractivity contribution in [3.05, 3.63) is 35.6 Å². The van der Waals surface area contributed by atoms with Crippen LogP contribution in [0.2, 0.25) is 0 Å². The SMILES string of the molecule is CC(C)(C)C#Cc1ccc(F)cc1. The van der Waals surface area contributed by atoms with Crippen LogP contribution in [0.25, 0.3) is 0 Å². The topological polar surface area (TPSA) is 0 Å². The first kappa shape index (κ1) is 9.80. The molecule has 68 valence electrons. The molecule has 0 amide bonds. The standard InChI is InChI=1S/C12H13F/c1-12(2,3)9-8-10-4-6-11(13)7-5-10/h4-7H,1-3H3. The van der Waals surface area contributed by atoms with Crippen LogP contribution in [0.4, 0.5) is 4.39 Å². The lowest BCUT2D eigenvalue weighted by molar-refractivity contribution is 0.571. The molecule has 0 aliphatic heterocycles. The van der Waals surface area contributed by atoms with Gasteiger partial charge in [0.2, 0.25) is 0 Å². The van der Waals surface area contributed by atoms with Gasteiger partial charge in [0.05, 0.1) is 0 Å². The van der Waals surface area contributed by atoms with Crippen LogP contribution in [0.1, 0.15) is 26.3 Å². The van der Waals surface area contributed by atoms with Crippen molar-refractivity contribution in [2.45, 2.75) is 20.8 Å². The Kier molecular flexibility index (Phi) is 2.72. The van der Waals surface area contributed by atoms with Crippen LogP contribution in [0, 0.1) is 23.1 Å². The molecule has 0 N–H and O–H groups in total. The van der Waals surface area contributed by atoms with Gasteiger partial charge in [-0.3, -0.25) is 0 Å². The summed E-state index contributed by atoms with van der Waals surface area (Å²) in [6.07, 6.45) is 0. The summed E-state index contributed by atoms with van der Waals surface area (Å²) < 4.78 is 12.5. The van der Waals surface area contributed by atoms with Gasteiger partial charge in [-0.15, -0.1) is 0 Å². The van der Waals surface area contributed by atoms with E-state index in [1.54, 1.807) is 12.1 Å². The molecule has 1 rings (SSSR count). The largest absolute Gasteiger partial charge is 0.207 e. The van der Waals surface area contributed by atoms with E-state index in [1.165, 1.54) is 12.1 Å². The van der Waals surface area contributed by atoms with Crippen molar-refractivity contribution in [3.63, 3.8) is 0 Å². The Balaban J connectivity index is 2.85. The second kappa shape index (κ2) is 3.62. The minimum absolute atomic E-state index is 0.00557. The highest BCUT2D eigenvalue weighted by Crippen LogP contribution is 2.10. The molecule has 1 aromatic carbocycles. The van der Waals surface area contributed by atoms with Crippen LogP contribution in [0.15, 0.2) is 24.3 Å². The van der Waals surface area contributed by atoms with Gasteiger partial charge in [0.15, 0.2) is 0 Å². The van der Waals surface area contributed by atoms with Gasteiger partial charge in [-0.05, 0) is 45.0 Å². The summed E-state index contributed by atoms with van der Waals surface area (Å²) in [6.45, 7) is 6.14. The fourth-order valence-electron chi connectivity index (χ4n) is 0.793. The molecule has 0 fully saturated rings. The first-order valence-corrected chi connectivity index (χ1v) is 4.26. The third-order valence-corrected chi connectivity index (χ3v) is 1.43. The van der Waals surface area contributed by atoms with Crippen molar-refractivity contribution in [1.29, 1.82) is 0 Å². The Bertz CT molecular complexity index is 330. The van der Waals surface area contributed by atoms with Crippen molar-refractivity contribution in [2.24, 2.45) is 5.41 Å². The van der Waals surface area contributed by atoms with Gasteiger partial charge in [0.1, 0.15) is 5.82 Å². The Morgan fingerprint density at radius 2 is 1.62 bits per heavy atom. The molecule has 0 unspecified atom stereocenters. The average Bonchev–Trinajstić information content (AvgIpc) is 2.02. The molecule has 1 heteroatoms. The Hall–Kier alpha value is -1.29. The fourth-order valence-corrected chi connectivity index (χ4v) is 0.793. The van der Waals surface area contributed by atoms with Crippen LogP contribution in [0.3, 0.4) is 0 Å². The molecule has 0 nitrogen and oxygen atoms in total. The first-order chi connectivity index (χ1) is 5.97. The van der Waals surface area contributed by atoms with Crippen LogP contribution in [-0.2, 0) is 0 Å². The Morgan fingerprint density at radius 3 is 2.08 bits per heavy atom. The molecule has 1 aromatic rings. The third-order valence-electron chi connectivity index (χ3n) is 1.43. The predicted molar refractivity (Wildman–Crippen MR) is 52.7 cm³/mol. The van der Waals surface area contributed by atoms with Gasteiger partial charge in [-0.1, -0.05) is 11.8 Å². The Morgan fingerprint density at radius 1 is 1.08 bits per heavy atom. The molecule has 0 bridgehead atoms. The highest BCUT2D eigenvalue weighted by Gasteiger charge is 2.03. The van der Waals surface area contributed by atoms with E-state index < -0.39 is 0 Å². The molecule has 13 heavy (non-hydrogen) atoms. The average molecular weight is 176 g/mol. The van der Waals surface area contributed by atoms with Crippen molar-refractivity contribution in [3.8, 4) is 11.8 Å². The zero-order valence-corrected chi connectivity index (χ0v) is 8.19. The van der Waals surface area contributed by atoms with Gasteiger partial charge >= 0.3 is 0 Å². The van der Waals surface area contributed by atoms with Crippen LogP contribution in [-0.4, -0.2) is 0 Å². The summed E-state index contributed by atoms with van der Waals surface area (Å²) in [7, 11) is 0. The number of halogens is 1. The molecule has 0 radical (unpaired) electrons. The minimum atomic E-state index is -0.221. The normalized spacial score (nSPS) is 10.5. The number of hydrogen-bond donors (Lipinski definition) is 0. The summed E-state index contributed by atoms with van der Waals surface area (Å²) in [5.41, 5.74) is 0.852. The summed E-state index contributed by atoms with van der Waals surface area (Å²) in [5, 5.41) is 0. The highest BCUT2D eigenvalue weighted by molar-refractivity contribution is 5.35. The number of hydrogen-bond acceptors (Lipinski definition) is 0. The molecule has 0 aliphatic carbocycles. The fraction of sp³-hybridized carbons (Fsp3) is 0.333. The van der Waals surface area contributed by atoms with Crippen molar-refractivity contribution in [2.75, 3.05) is 0 Å². The summed E-state index contributed by atoms with van der Waals surface area (Å²) in [6, 6.07) is 6.22. The van der Waals surface area contributed by atoms with Gasteiger partial charge in [0, 0.05) is 11.0 Å². The molecule has 0 spiro atoms. The molecular weight excluding hydrogens is 163 g/mol. The van der Waals surface area contributed by atoms with E-state index in [0.717, 1.165) is 5.56 Å². The lowest BCUT2D eigenvalue weighted by Crippen LogP contribution is -1.99. The highest BCUT2D eigenvalue weighted by atomic mass is 19.1. The number of benzene rings is 1. The van der Waals surface area contributed by atoms with E-state index in [-0.39, 0.29) is 11.2 Å². The lowest BCUT2D eigenvalue weighted by Gasteiger charge is -2.06. The quantitative estimate of drug-likeness (QED) is 0.532. The predicted octanol–water partition coefficient (Wildman–Crippen LogP) is 3.22. The van der Waals surface area contributed by atoms with Crippen molar-refractivity contribution < 1.29 is 4.39 Å². The minimum Gasteiger partial charge on any atom is -0.207 e. The van der Waals surface area contributed by atoms with Gasteiger partial charge in [-0.25, -0.2) is 4.39 Å². The first-order valence-electron chi connectivity index (χ1n) is 4.26. The van der Waals surface area contributed by atoms with E-state index in [9.17, 15) is 4.39 Å². The van der Waals surface area contributed by atoms with Crippen LogP contribution < -0.4 is 0 Å². The molecule has 0 atom stereocenters. The molecule has 0 aliphatic rings. The van der Waals surface area contributed by atoms with Gasteiger partial charge < -0.3 is 0 Å². The Labute approximate surface area is 78.8 Å². The van der Waals surface area contributed by atoms with E-state index in [0.29, 0.717) is 0 Å². The van der Waals surface area contributed by atoms with E-state index >= 15 is 0 Å². The molecule has 0 aromatic heterocycles. The van der Waals surface area contributed by atoms with Gasteiger partial charge in [0.25, 0.3) is 0 Å². The smallest absolute Gasteiger partial charge is 0.123 e. The molecule has 0 saturated heterocycles. The zero-order chi connectivity index (χ0) is 9.90. The third kappa shape index (κ3) is 3.75. The van der Waals surface area contributed by atoms with Gasteiger partial charge in [-0.2, -0.15) is 0 Å².